The molecule has 0 amide bonds. The predicted octanol–water partition coefficient (Wildman–Crippen LogP) is 1.02. The molecule has 0 spiro atoms. The number of hydrogen-bond acceptors (Lipinski definition) is 5. The summed E-state index contributed by atoms with van der Waals surface area (Å²) in [6, 6.07) is 5.76. The minimum Gasteiger partial charge on any atom is -0.385 e. The maximum absolute atomic E-state index is 8.62. The van der Waals surface area contributed by atoms with Gasteiger partial charge in [0.1, 0.15) is 12.4 Å². The fourth-order valence-corrected chi connectivity index (χ4v) is 1.47. The highest BCUT2D eigenvalue weighted by atomic mass is 15.3. The van der Waals surface area contributed by atoms with Crippen LogP contribution in [0.15, 0.2) is 24.7 Å². The Bertz CT molecular complexity index is 539. The molecule has 0 bridgehead atoms. The van der Waals surface area contributed by atoms with E-state index in [0.29, 0.717) is 6.54 Å². The summed E-state index contributed by atoms with van der Waals surface area (Å²) in [5.41, 5.74) is 1.90. The van der Waals surface area contributed by atoms with E-state index in [0.717, 1.165) is 17.9 Å². The van der Waals surface area contributed by atoms with Crippen molar-refractivity contribution in [1.82, 2.24) is 19.7 Å². The summed E-state index contributed by atoms with van der Waals surface area (Å²) in [5.74, 6) is 0.174. The first-order chi connectivity index (χ1) is 8.31. The Labute approximate surface area is 98.9 Å². The molecule has 2 rings (SSSR count). The summed E-state index contributed by atoms with van der Waals surface area (Å²) in [4.78, 5) is 8.08. The highest BCUT2D eigenvalue weighted by Crippen LogP contribution is 2.08. The van der Waals surface area contributed by atoms with Crippen LogP contribution in [0, 0.1) is 11.3 Å². The molecule has 0 saturated carbocycles. The van der Waals surface area contributed by atoms with Crippen molar-refractivity contribution in [3.8, 4) is 6.07 Å². The Morgan fingerprint density at radius 2 is 2.35 bits per heavy atom. The van der Waals surface area contributed by atoms with Crippen molar-refractivity contribution in [2.75, 3.05) is 11.9 Å². The Morgan fingerprint density at radius 3 is 3.06 bits per heavy atom. The van der Waals surface area contributed by atoms with Gasteiger partial charge in [-0.05, 0) is 19.1 Å². The summed E-state index contributed by atoms with van der Waals surface area (Å²) < 4.78 is 1.59. The number of pyridine rings is 1. The van der Waals surface area contributed by atoms with Crippen LogP contribution in [0.4, 0.5) is 5.69 Å². The van der Waals surface area contributed by atoms with Gasteiger partial charge in [0.2, 0.25) is 0 Å². The van der Waals surface area contributed by atoms with Gasteiger partial charge in [-0.3, -0.25) is 4.98 Å². The van der Waals surface area contributed by atoms with Crippen molar-refractivity contribution in [2.24, 2.45) is 0 Å². The topological polar surface area (TPSA) is 79.4 Å². The molecule has 0 aliphatic rings. The number of nitrogens with zero attached hydrogens (tertiary/aromatic N) is 5. The molecule has 0 aliphatic carbocycles. The van der Waals surface area contributed by atoms with Crippen LogP contribution < -0.4 is 5.32 Å². The molecule has 2 aromatic heterocycles. The molecule has 0 aliphatic heterocycles. The van der Waals surface area contributed by atoms with Crippen LogP contribution in [0.5, 0.6) is 0 Å². The molecule has 2 aromatic rings. The Hall–Kier alpha value is -2.42. The van der Waals surface area contributed by atoms with Gasteiger partial charge in [0.25, 0.3) is 5.82 Å². The molecular formula is C11H12N6. The van der Waals surface area contributed by atoms with Crippen molar-refractivity contribution < 1.29 is 0 Å². The third-order valence-corrected chi connectivity index (χ3v) is 2.16. The molecular weight excluding hydrogens is 216 g/mol. The minimum absolute atomic E-state index is 0.174. The van der Waals surface area contributed by atoms with Crippen molar-refractivity contribution in [2.45, 2.75) is 13.5 Å². The lowest BCUT2D eigenvalue weighted by Crippen LogP contribution is -2.04. The van der Waals surface area contributed by atoms with E-state index >= 15 is 0 Å². The Kier molecular flexibility index (Phi) is 3.31. The van der Waals surface area contributed by atoms with Crippen molar-refractivity contribution in [1.29, 1.82) is 5.26 Å². The zero-order valence-electron chi connectivity index (χ0n) is 9.46. The number of nitriles is 1. The fourth-order valence-electron chi connectivity index (χ4n) is 1.47. The highest BCUT2D eigenvalue weighted by Gasteiger charge is 2.02. The SMILES string of the molecule is CCNc1ccnc(Cn2cnc(C#N)n2)c1. The highest BCUT2D eigenvalue weighted by molar-refractivity contribution is 5.42. The molecule has 0 radical (unpaired) electrons. The van der Waals surface area contributed by atoms with Crippen LogP contribution >= 0.6 is 0 Å². The van der Waals surface area contributed by atoms with E-state index in [2.05, 4.69) is 20.4 Å². The van der Waals surface area contributed by atoms with Gasteiger partial charge < -0.3 is 5.32 Å². The van der Waals surface area contributed by atoms with Crippen LogP contribution in [0.25, 0.3) is 0 Å². The first-order valence-corrected chi connectivity index (χ1v) is 5.30. The minimum atomic E-state index is 0.174. The molecule has 0 aromatic carbocycles. The number of aromatic nitrogens is 4. The summed E-state index contributed by atoms with van der Waals surface area (Å²) in [7, 11) is 0. The molecule has 1 N–H and O–H groups in total. The lowest BCUT2D eigenvalue weighted by molar-refractivity contribution is 0.669. The van der Waals surface area contributed by atoms with E-state index in [1.807, 2.05) is 25.1 Å². The van der Waals surface area contributed by atoms with E-state index in [9.17, 15) is 0 Å². The second kappa shape index (κ2) is 5.07. The average Bonchev–Trinajstić information content (AvgIpc) is 2.78. The van der Waals surface area contributed by atoms with E-state index in [4.69, 9.17) is 5.26 Å². The van der Waals surface area contributed by atoms with Gasteiger partial charge in [-0.15, -0.1) is 5.10 Å². The second-order valence-electron chi connectivity index (χ2n) is 3.44. The van der Waals surface area contributed by atoms with Gasteiger partial charge in [-0.1, -0.05) is 0 Å². The van der Waals surface area contributed by atoms with E-state index in [-0.39, 0.29) is 5.82 Å². The summed E-state index contributed by atoms with van der Waals surface area (Å²) in [5, 5.41) is 15.8. The van der Waals surface area contributed by atoms with Gasteiger partial charge in [0.15, 0.2) is 0 Å². The maximum atomic E-state index is 8.62. The molecule has 17 heavy (non-hydrogen) atoms. The lowest BCUT2D eigenvalue weighted by Gasteiger charge is -2.05. The van der Waals surface area contributed by atoms with Gasteiger partial charge >= 0.3 is 0 Å². The fraction of sp³-hybridized carbons (Fsp3) is 0.273. The molecule has 0 unspecified atom stereocenters. The van der Waals surface area contributed by atoms with Crippen LogP contribution in [-0.4, -0.2) is 26.3 Å². The van der Waals surface area contributed by atoms with Crippen LogP contribution in [-0.2, 0) is 6.54 Å². The summed E-state index contributed by atoms with van der Waals surface area (Å²) in [6.45, 7) is 3.41. The largest absolute Gasteiger partial charge is 0.385 e. The molecule has 2 heterocycles. The van der Waals surface area contributed by atoms with Crippen molar-refractivity contribution >= 4 is 5.69 Å². The number of hydrogen-bond donors (Lipinski definition) is 1. The standard InChI is InChI=1S/C11H12N6/c1-2-13-9-3-4-14-10(5-9)7-17-8-15-11(6-12)16-17/h3-5,8H,2,7H2,1H3,(H,13,14). The molecule has 86 valence electrons. The van der Waals surface area contributed by atoms with Gasteiger partial charge in [-0.25, -0.2) is 9.67 Å². The van der Waals surface area contributed by atoms with Gasteiger partial charge in [0, 0.05) is 18.4 Å². The van der Waals surface area contributed by atoms with Crippen molar-refractivity contribution in [3.63, 3.8) is 0 Å². The Balaban J connectivity index is 2.13. The van der Waals surface area contributed by atoms with Crippen LogP contribution in [0.1, 0.15) is 18.4 Å². The Morgan fingerprint density at radius 1 is 1.47 bits per heavy atom. The lowest BCUT2D eigenvalue weighted by atomic mass is 10.3. The van der Waals surface area contributed by atoms with Crippen LogP contribution in [0.3, 0.4) is 0 Å². The zero-order valence-corrected chi connectivity index (χ0v) is 9.46. The number of rotatable bonds is 4. The van der Waals surface area contributed by atoms with Gasteiger partial charge in [-0.2, -0.15) is 5.26 Å². The van der Waals surface area contributed by atoms with Crippen molar-refractivity contribution in [3.05, 3.63) is 36.2 Å². The molecule has 6 heteroatoms. The first kappa shape index (κ1) is 11.1. The monoisotopic (exact) mass is 228 g/mol. The van der Waals surface area contributed by atoms with E-state index < -0.39 is 0 Å². The first-order valence-electron chi connectivity index (χ1n) is 5.30. The third kappa shape index (κ3) is 2.78. The summed E-state index contributed by atoms with van der Waals surface area (Å²) in [6.07, 6.45) is 3.27. The number of nitrogens with one attached hydrogen (secondary N) is 1. The smallest absolute Gasteiger partial charge is 0.252 e. The predicted molar refractivity (Wildman–Crippen MR) is 62.2 cm³/mol. The molecule has 0 fully saturated rings. The molecule has 0 atom stereocenters. The van der Waals surface area contributed by atoms with Gasteiger partial charge in [0.05, 0.1) is 12.2 Å². The third-order valence-electron chi connectivity index (χ3n) is 2.16. The molecule has 6 nitrogen and oxygen atoms in total. The quantitative estimate of drug-likeness (QED) is 0.845. The zero-order chi connectivity index (χ0) is 12.1. The second-order valence-corrected chi connectivity index (χ2v) is 3.44. The normalized spacial score (nSPS) is 9.88. The van der Waals surface area contributed by atoms with Crippen LogP contribution in [0.2, 0.25) is 0 Å². The summed E-state index contributed by atoms with van der Waals surface area (Å²) >= 11 is 0. The maximum Gasteiger partial charge on any atom is 0.252 e. The molecule has 0 saturated heterocycles. The van der Waals surface area contributed by atoms with E-state index in [1.165, 1.54) is 6.33 Å². The van der Waals surface area contributed by atoms with E-state index in [1.54, 1.807) is 10.9 Å². The average molecular weight is 228 g/mol. The number of anilines is 1.